The number of pyridine rings is 2. The van der Waals surface area contributed by atoms with Crippen molar-refractivity contribution in [1.29, 1.82) is 0 Å². The van der Waals surface area contributed by atoms with E-state index in [4.69, 9.17) is 9.15 Å². The van der Waals surface area contributed by atoms with Crippen LogP contribution in [0.1, 0.15) is 40.9 Å². The largest absolute Gasteiger partial charge is 0.452 e. The zero-order valence-corrected chi connectivity index (χ0v) is 14.9. The van der Waals surface area contributed by atoms with Gasteiger partial charge in [-0.25, -0.2) is 9.78 Å². The highest BCUT2D eigenvalue weighted by Gasteiger charge is 2.29. The lowest BCUT2D eigenvalue weighted by atomic mass is 10.0. The van der Waals surface area contributed by atoms with Gasteiger partial charge in [-0.2, -0.15) is 0 Å². The van der Waals surface area contributed by atoms with E-state index in [2.05, 4.69) is 20.2 Å². The van der Waals surface area contributed by atoms with Crippen LogP contribution in [0, 0.1) is 0 Å². The maximum atomic E-state index is 12.8. The second-order valence-corrected chi connectivity index (χ2v) is 6.69. The fourth-order valence-corrected chi connectivity index (χ4v) is 3.04. The molecule has 0 spiro atoms. The summed E-state index contributed by atoms with van der Waals surface area (Å²) in [7, 11) is 0. The maximum absolute atomic E-state index is 12.8. The summed E-state index contributed by atoms with van der Waals surface area (Å²) in [6.07, 6.45) is 5.53. The van der Waals surface area contributed by atoms with E-state index in [0.717, 1.165) is 29.3 Å². The van der Waals surface area contributed by atoms with Gasteiger partial charge in [0.05, 0.1) is 16.8 Å². The number of hydrogen-bond acceptors (Lipinski definition) is 7. The van der Waals surface area contributed by atoms with Gasteiger partial charge >= 0.3 is 5.97 Å². The number of carbonyl (C=O) groups excluding carboxylic acids is 1. The molecule has 3 aromatic heterocycles. The molecule has 1 aliphatic rings. The molecule has 138 valence electrons. The summed E-state index contributed by atoms with van der Waals surface area (Å²) in [6.45, 7) is -0.0558. The summed E-state index contributed by atoms with van der Waals surface area (Å²) in [5, 5.41) is 8.70. The Morgan fingerprint density at radius 2 is 1.93 bits per heavy atom. The van der Waals surface area contributed by atoms with Crippen LogP contribution in [-0.2, 0) is 11.3 Å². The van der Waals surface area contributed by atoms with Crippen LogP contribution in [0.2, 0.25) is 0 Å². The van der Waals surface area contributed by atoms with E-state index in [9.17, 15) is 4.79 Å². The normalized spacial score (nSPS) is 13.6. The predicted octanol–water partition coefficient (Wildman–Crippen LogP) is 3.91. The van der Waals surface area contributed by atoms with E-state index < -0.39 is 5.97 Å². The standard InChI is InChI=1S/C21H16N4O3/c26-21(27-12-19-24-25-20(28-19)14-5-6-14)16-11-18(13-7-9-22-10-8-13)23-17-4-2-1-3-15(16)17/h1-4,7-11,14H,5-6,12H2. The van der Waals surface area contributed by atoms with Gasteiger partial charge in [-0.15, -0.1) is 10.2 Å². The van der Waals surface area contributed by atoms with Crippen molar-refractivity contribution in [2.45, 2.75) is 25.4 Å². The third kappa shape index (κ3) is 3.22. The Morgan fingerprint density at radius 3 is 2.75 bits per heavy atom. The maximum Gasteiger partial charge on any atom is 0.339 e. The second kappa shape index (κ2) is 6.84. The summed E-state index contributed by atoms with van der Waals surface area (Å²) in [4.78, 5) is 21.5. The molecule has 5 rings (SSSR count). The molecule has 7 heteroatoms. The molecule has 0 radical (unpaired) electrons. The molecule has 0 saturated heterocycles. The van der Waals surface area contributed by atoms with Gasteiger partial charge in [-0.3, -0.25) is 4.98 Å². The molecule has 4 aromatic rings. The summed E-state index contributed by atoms with van der Waals surface area (Å²) in [5.41, 5.74) is 2.72. The Morgan fingerprint density at radius 1 is 1.11 bits per heavy atom. The SMILES string of the molecule is O=C(OCc1nnc(C2CC2)o1)c1cc(-c2ccncc2)nc2ccccc12. The topological polar surface area (TPSA) is 91.0 Å². The Hall–Kier alpha value is -3.61. The van der Waals surface area contributed by atoms with Gasteiger partial charge in [0.1, 0.15) is 0 Å². The minimum Gasteiger partial charge on any atom is -0.452 e. The third-order valence-electron chi connectivity index (χ3n) is 4.65. The van der Waals surface area contributed by atoms with E-state index in [1.807, 2.05) is 36.4 Å². The highest BCUT2D eigenvalue weighted by atomic mass is 16.5. The number of carbonyl (C=O) groups is 1. The third-order valence-corrected chi connectivity index (χ3v) is 4.65. The Balaban J connectivity index is 1.45. The number of esters is 1. The number of para-hydroxylation sites is 1. The average Bonchev–Trinajstić information content (AvgIpc) is 3.50. The number of benzene rings is 1. The lowest BCUT2D eigenvalue weighted by molar-refractivity contribution is 0.0439. The molecular weight excluding hydrogens is 356 g/mol. The highest BCUT2D eigenvalue weighted by Crippen LogP contribution is 2.39. The minimum absolute atomic E-state index is 0.0558. The molecule has 0 atom stereocenters. The van der Waals surface area contributed by atoms with Gasteiger partial charge < -0.3 is 9.15 Å². The average molecular weight is 372 g/mol. The van der Waals surface area contributed by atoms with Crippen LogP contribution in [-0.4, -0.2) is 26.1 Å². The van der Waals surface area contributed by atoms with Crippen LogP contribution in [0.15, 0.2) is 59.3 Å². The molecule has 3 heterocycles. The van der Waals surface area contributed by atoms with Crippen LogP contribution in [0.4, 0.5) is 0 Å². The molecule has 0 N–H and O–H groups in total. The van der Waals surface area contributed by atoms with Crippen molar-refractivity contribution >= 4 is 16.9 Å². The number of hydrogen-bond donors (Lipinski definition) is 0. The van der Waals surface area contributed by atoms with E-state index in [1.54, 1.807) is 18.5 Å². The number of nitrogens with zero attached hydrogens (tertiary/aromatic N) is 4. The molecule has 1 aliphatic carbocycles. The van der Waals surface area contributed by atoms with Crippen LogP contribution in [0.25, 0.3) is 22.2 Å². The summed E-state index contributed by atoms with van der Waals surface area (Å²) in [6, 6.07) is 12.9. The Kier molecular flexibility index (Phi) is 4.05. The molecule has 1 fully saturated rings. The molecule has 0 unspecified atom stereocenters. The molecule has 1 saturated carbocycles. The zero-order valence-electron chi connectivity index (χ0n) is 14.9. The van der Waals surface area contributed by atoms with Crippen molar-refractivity contribution in [2.75, 3.05) is 0 Å². The van der Waals surface area contributed by atoms with Gasteiger partial charge in [0.15, 0.2) is 6.61 Å². The molecule has 1 aromatic carbocycles. The smallest absolute Gasteiger partial charge is 0.339 e. The molecule has 0 amide bonds. The zero-order chi connectivity index (χ0) is 18.9. The quantitative estimate of drug-likeness (QED) is 0.490. The monoisotopic (exact) mass is 372 g/mol. The van der Waals surface area contributed by atoms with Gasteiger partial charge in [-0.05, 0) is 37.1 Å². The van der Waals surface area contributed by atoms with Gasteiger partial charge in [0, 0.05) is 29.3 Å². The first kappa shape index (κ1) is 16.6. The summed E-state index contributed by atoms with van der Waals surface area (Å²) in [5.74, 6) is 0.840. The van der Waals surface area contributed by atoms with E-state index in [1.165, 1.54) is 0 Å². The lowest BCUT2D eigenvalue weighted by Gasteiger charge is -2.09. The fourth-order valence-electron chi connectivity index (χ4n) is 3.04. The van der Waals surface area contributed by atoms with Gasteiger partial charge in [0.25, 0.3) is 5.89 Å². The number of ether oxygens (including phenoxy) is 1. The summed E-state index contributed by atoms with van der Waals surface area (Å²) < 4.78 is 11.0. The van der Waals surface area contributed by atoms with E-state index >= 15 is 0 Å². The van der Waals surface area contributed by atoms with Crippen LogP contribution in [0.5, 0.6) is 0 Å². The van der Waals surface area contributed by atoms with Crippen molar-refractivity contribution in [2.24, 2.45) is 0 Å². The molecule has 28 heavy (non-hydrogen) atoms. The van der Waals surface area contributed by atoms with Gasteiger partial charge in [-0.1, -0.05) is 18.2 Å². The van der Waals surface area contributed by atoms with E-state index in [-0.39, 0.29) is 6.61 Å². The highest BCUT2D eigenvalue weighted by molar-refractivity contribution is 6.04. The van der Waals surface area contributed by atoms with Gasteiger partial charge in [0.2, 0.25) is 5.89 Å². The number of rotatable bonds is 5. The molecular formula is C21H16N4O3. The molecule has 7 nitrogen and oxygen atoms in total. The fraction of sp³-hybridized carbons (Fsp3) is 0.190. The first-order valence-corrected chi connectivity index (χ1v) is 9.07. The van der Waals surface area contributed by atoms with Crippen molar-refractivity contribution < 1.29 is 13.9 Å². The van der Waals surface area contributed by atoms with Crippen LogP contribution < -0.4 is 0 Å². The van der Waals surface area contributed by atoms with Crippen LogP contribution in [0.3, 0.4) is 0 Å². The van der Waals surface area contributed by atoms with Crippen molar-refractivity contribution in [3.63, 3.8) is 0 Å². The summed E-state index contributed by atoms with van der Waals surface area (Å²) >= 11 is 0. The second-order valence-electron chi connectivity index (χ2n) is 6.69. The van der Waals surface area contributed by atoms with Crippen molar-refractivity contribution in [3.05, 3.63) is 72.2 Å². The van der Waals surface area contributed by atoms with Crippen molar-refractivity contribution in [1.82, 2.24) is 20.2 Å². The predicted molar refractivity (Wildman–Crippen MR) is 100 cm³/mol. The van der Waals surface area contributed by atoms with Crippen molar-refractivity contribution in [3.8, 4) is 11.3 Å². The minimum atomic E-state index is -0.458. The Labute approximate surface area is 160 Å². The first-order chi connectivity index (χ1) is 13.8. The lowest BCUT2D eigenvalue weighted by Crippen LogP contribution is -2.07. The number of aromatic nitrogens is 4. The van der Waals surface area contributed by atoms with Crippen LogP contribution >= 0.6 is 0 Å². The van der Waals surface area contributed by atoms with E-state index in [0.29, 0.717) is 29.0 Å². The first-order valence-electron chi connectivity index (χ1n) is 9.07. The molecule has 0 bridgehead atoms. The molecule has 0 aliphatic heterocycles. The Bertz CT molecular complexity index is 1150. The number of fused-ring (bicyclic) bond motifs is 1.